The third-order valence-electron chi connectivity index (χ3n) is 5.36. The molecule has 0 fully saturated rings. The fraction of sp³-hybridized carbons (Fsp3) is 0.200. The lowest BCUT2D eigenvalue weighted by Gasteiger charge is -2.18. The Labute approximate surface area is 166 Å². The first-order chi connectivity index (χ1) is 13.0. The highest BCUT2D eigenvalue weighted by Gasteiger charge is 2.21. The molecule has 1 aliphatic rings. The number of allylic oxidation sites excluding steroid dienone is 1. The van der Waals surface area contributed by atoms with E-state index in [0.717, 1.165) is 35.5 Å². The van der Waals surface area contributed by atoms with Crippen LogP contribution < -0.4 is 5.73 Å². The summed E-state index contributed by atoms with van der Waals surface area (Å²) in [5.41, 5.74) is 16.9. The summed E-state index contributed by atoms with van der Waals surface area (Å²) in [6, 6.07) is 21.5. The summed E-state index contributed by atoms with van der Waals surface area (Å²) in [6.45, 7) is 4.20. The van der Waals surface area contributed by atoms with Gasteiger partial charge in [-0.2, -0.15) is 0 Å². The van der Waals surface area contributed by atoms with Crippen LogP contribution in [0.1, 0.15) is 46.2 Å². The lowest BCUT2D eigenvalue weighted by atomic mass is 9.87. The van der Waals surface area contributed by atoms with Crippen LogP contribution in [0.15, 0.2) is 60.7 Å². The smallest absolute Gasteiger partial charge is 0.0483 e. The van der Waals surface area contributed by atoms with Crippen molar-refractivity contribution >= 4 is 28.4 Å². The molecule has 0 unspecified atom stereocenters. The Kier molecular flexibility index (Phi) is 4.80. The van der Waals surface area contributed by atoms with E-state index in [1.54, 1.807) is 0 Å². The van der Waals surface area contributed by atoms with Crippen molar-refractivity contribution in [2.24, 2.45) is 0 Å². The highest BCUT2D eigenvalue weighted by Crippen LogP contribution is 2.42. The molecule has 2 N–H and O–H groups in total. The molecule has 0 saturated carbocycles. The molecular weight excluding hydrogens is 350 g/mol. The van der Waals surface area contributed by atoms with Crippen molar-refractivity contribution in [2.45, 2.75) is 33.1 Å². The molecule has 0 heterocycles. The van der Waals surface area contributed by atoms with E-state index in [1.165, 1.54) is 39.0 Å². The van der Waals surface area contributed by atoms with Crippen LogP contribution in [-0.4, -0.2) is 0 Å². The van der Waals surface area contributed by atoms with Crippen LogP contribution in [0.25, 0.3) is 11.1 Å². The molecule has 0 atom stereocenters. The molecule has 3 aromatic rings. The van der Waals surface area contributed by atoms with Crippen molar-refractivity contribution in [3.8, 4) is 0 Å². The first-order valence-electron chi connectivity index (χ1n) is 9.48. The van der Waals surface area contributed by atoms with Crippen molar-refractivity contribution in [1.82, 2.24) is 0 Å². The van der Waals surface area contributed by atoms with E-state index in [1.807, 2.05) is 6.07 Å². The van der Waals surface area contributed by atoms with E-state index in [4.69, 9.17) is 17.3 Å². The summed E-state index contributed by atoms with van der Waals surface area (Å²) in [4.78, 5) is 0. The van der Waals surface area contributed by atoms with Gasteiger partial charge in [0.1, 0.15) is 0 Å². The molecule has 1 nitrogen and oxygen atoms in total. The van der Waals surface area contributed by atoms with Crippen molar-refractivity contribution in [3.05, 3.63) is 99.1 Å². The summed E-state index contributed by atoms with van der Waals surface area (Å²) in [7, 11) is 0. The van der Waals surface area contributed by atoms with Crippen molar-refractivity contribution in [3.63, 3.8) is 0 Å². The maximum Gasteiger partial charge on any atom is 0.0483 e. The average Bonchev–Trinajstić information content (AvgIpc) is 2.81. The van der Waals surface area contributed by atoms with Gasteiger partial charge in [-0.05, 0) is 90.3 Å². The van der Waals surface area contributed by atoms with Crippen LogP contribution in [-0.2, 0) is 6.42 Å². The Morgan fingerprint density at radius 3 is 2.22 bits per heavy atom. The van der Waals surface area contributed by atoms with Gasteiger partial charge in [-0.15, -0.1) is 0 Å². The van der Waals surface area contributed by atoms with E-state index >= 15 is 0 Å². The van der Waals surface area contributed by atoms with Gasteiger partial charge in [-0.25, -0.2) is 0 Å². The number of aryl methyl sites for hydroxylation is 3. The van der Waals surface area contributed by atoms with Crippen LogP contribution >= 0.6 is 11.6 Å². The van der Waals surface area contributed by atoms with E-state index in [-0.39, 0.29) is 0 Å². The quantitative estimate of drug-likeness (QED) is 0.489. The summed E-state index contributed by atoms with van der Waals surface area (Å²) in [6.07, 6.45) is 3.12. The average molecular weight is 374 g/mol. The zero-order chi connectivity index (χ0) is 19.0. The zero-order valence-corrected chi connectivity index (χ0v) is 16.6. The minimum absolute atomic E-state index is 0.827. The molecule has 0 aromatic heterocycles. The Morgan fingerprint density at radius 2 is 1.48 bits per heavy atom. The van der Waals surface area contributed by atoms with Crippen LogP contribution in [0, 0.1) is 13.8 Å². The van der Waals surface area contributed by atoms with E-state index in [0.29, 0.717) is 0 Å². The molecular formula is C25H24ClN. The van der Waals surface area contributed by atoms with Crippen molar-refractivity contribution in [1.29, 1.82) is 0 Å². The minimum atomic E-state index is 0.827. The third-order valence-corrected chi connectivity index (χ3v) is 5.68. The topological polar surface area (TPSA) is 26.0 Å². The van der Waals surface area contributed by atoms with Crippen molar-refractivity contribution < 1.29 is 0 Å². The number of anilines is 1. The summed E-state index contributed by atoms with van der Waals surface area (Å²) in [5, 5.41) is 0.827. The number of halogens is 1. The molecule has 0 amide bonds. The van der Waals surface area contributed by atoms with Gasteiger partial charge in [0, 0.05) is 10.7 Å². The van der Waals surface area contributed by atoms with Gasteiger partial charge < -0.3 is 5.73 Å². The molecule has 1 aliphatic carbocycles. The maximum atomic E-state index is 6.69. The van der Waals surface area contributed by atoms with Gasteiger partial charge in [0.05, 0.1) is 0 Å². The second-order valence-electron chi connectivity index (χ2n) is 7.47. The number of nitrogens with two attached hydrogens (primary N) is 1. The van der Waals surface area contributed by atoms with Crippen LogP contribution in [0.2, 0.25) is 5.02 Å². The molecule has 0 aliphatic heterocycles. The highest BCUT2D eigenvalue weighted by atomic mass is 35.5. The maximum absolute atomic E-state index is 6.69. The molecule has 0 spiro atoms. The SMILES string of the molecule is Cc1ccc(C2=C(c3ccc(C)cc3Cl)CCCc3cc(N)ccc32)cc1. The normalized spacial score (nSPS) is 14.0. The first kappa shape index (κ1) is 17.9. The molecule has 0 saturated heterocycles. The second-order valence-corrected chi connectivity index (χ2v) is 7.88. The number of rotatable bonds is 2. The standard InChI is InChI=1S/C25H24ClN/c1-16-6-9-18(10-7-16)25-21-13-11-20(27)15-19(21)4-3-5-23(25)22-12-8-17(2)14-24(22)26/h6-15H,3-5,27H2,1-2H3. The predicted molar refractivity (Wildman–Crippen MR) is 117 cm³/mol. The number of benzene rings is 3. The minimum Gasteiger partial charge on any atom is -0.399 e. The summed E-state index contributed by atoms with van der Waals surface area (Å²) in [5.74, 6) is 0. The molecule has 0 radical (unpaired) electrons. The lowest BCUT2D eigenvalue weighted by Crippen LogP contribution is -1.98. The number of fused-ring (bicyclic) bond motifs is 1. The number of hydrogen-bond acceptors (Lipinski definition) is 1. The van der Waals surface area contributed by atoms with Gasteiger partial charge >= 0.3 is 0 Å². The van der Waals surface area contributed by atoms with Crippen LogP contribution in [0.4, 0.5) is 5.69 Å². The molecule has 2 heteroatoms. The fourth-order valence-corrected chi connectivity index (χ4v) is 4.34. The molecule has 0 bridgehead atoms. The third kappa shape index (κ3) is 3.52. The van der Waals surface area contributed by atoms with Crippen LogP contribution in [0.3, 0.4) is 0 Å². The fourth-order valence-electron chi connectivity index (χ4n) is 3.99. The van der Waals surface area contributed by atoms with Crippen molar-refractivity contribution in [2.75, 3.05) is 5.73 Å². The lowest BCUT2D eigenvalue weighted by molar-refractivity contribution is 0.861. The monoisotopic (exact) mass is 373 g/mol. The Bertz CT molecular complexity index is 1030. The molecule has 27 heavy (non-hydrogen) atoms. The summed E-state index contributed by atoms with van der Waals surface area (Å²) >= 11 is 6.69. The van der Waals surface area contributed by atoms with E-state index < -0.39 is 0 Å². The van der Waals surface area contributed by atoms with E-state index in [2.05, 4.69) is 68.4 Å². The number of nitrogen functional groups attached to an aromatic ring is 1. The van der Waals surface area contributed by atoms with Gasteiger partial charge in [-0.1, -0.05) is 59.6 Å². The Hall–Kier alpha value is -2.51. The van der Waals surface area contributed by atoms with Gasteiger partial charge in [0.2, 0.25) is 0 Å². The van der Waals surface area contributed by atoms with Crippen LogP contribution in [0.5, 0.6) is 0 Å². The Morgan fingerprint density at radius 1 is 0.778 bits per heavy atom. The van der Waals surface area contributed by atoms with Gasteiger partial charge in [-0.3, -0.25) is 0 Å². The largest absolute Gasteiger partial charge is 0.399 e. The summed E-state index contributed by atoms with van der Waals surface area (Å²) < 4.78 is 0. The molecule has 136 valence electrons. The number of hydrogen-bond donors (Lipinski definition) is 1. The van der Waals surface area contributed by atoms with E-state index in [9.17, 15) is 0 Å². The Balaban J connectivity index is 2.03. The highest BCUT2D eigenvalue weighted by molar-refractivity contribution is 6.32. The predicted octanol–water partition coefficient (Wildman–Crippen LogP) is 6.83. The second kappa shape index (κ2) is 7.25. The van der Waals surface area contributed by atoms with Gasteiger partial charge in [0.15, 0.2) is 0 Å². The van der Waals surface area contributed by atoms with Gasteiger partial charge in [0.25, 0.3) is 0 Å². The first-order valence-corrected chi connectivity index (χ1v) is 9.86. The molecule has 3 aromatic carbocycles. The molecule has 4 rings (SSSR count). The zero-order valence-electron chi connectivity index (χ0n) is 15.9.